The summed E-state index contributed by atoms with van der Waals surface area (Å²) in [5.41, 5.74) is 0.379. The molecule has 0 saturated carbocycles. The molecule has 0 radical (unpaired) electrons. The molecule has 0 amide bonds. The van der Waals surface area contributed by atoms with Crippen LogP contribution in [-0.4, -0.2) is 17.3 Å². The molecule has 0 saturated heterocycles. The van der Waals surface area contributed by atoms with Gasteiger partial charge in [0.1, 0.15) is 16.3 Å². The number of furan rings is 1. The van der Waals surface area contributed by atoms with Crippen LogP contribution in [-0.2, 0) is 4.79 Å². The van der Waals surface area contributed by atoms with E-state index < -0.39 is 11.6 Å². The van der Waals surface area contributed by atoms with Gasteiger partial charge in [-0.15, -0.1) is 0 Å². The zero-order chi connectivity index (χ0) is 17.1. The van der Waals surface area contributed by atoms with Gasteiger partial charge in [0.05, 0.1) is 11.1 Å². The van der Waals surface area contributed by atoms with Crippen molar-refractivity contribution in [3.05, 3.63) is 52.0 Å². The van der Waals surface area contributed by atoms with E-state index in [1.165, 1.54) is 0 Å². The minimum Gasteiger partial charge on any atom is -0.462 e. The minimum atomic E-state index is -0.933. The molecule has 0 bridgehead atoms. The number of rotatable bonds is 2. The summed E-state index contributed by atoms with van der Waals surface area (Å²) in [4.78, 5) is 36.2. The lowest BCUT2D eigenvalue weighted by Gasteiger charge is -2.10. The second-order valence-corrected chi connectivity index (χ2v) is 5.36. The van der Waals surface area contributed by atoms with Gasteiger partial charge in [-0.05, 0) is 12.8 Å². The van der Waals surface area contributed by atoms with Crippen LogP contribution < -0.4 is 0 Å². The highest BCUT2D eigenvalue weighted by atomic mass is 35.5. The van der Waals surface area contributed by atoms with Gasteiger partial charge < -0.3 is 4.42 Å². The van der Waals surface area contributed by atoms with Crippen LogP contribution >= 0.6 is 23.2 Å². The maximum absolute atomic E-state index is 12.4. The second kappa shape index (κ2) is 7.11. The lowest BCUT2D eigenvalue weighted by atomic mass is 9.92. The Bertz CT molecular complexity index is 779. The van der Waals surface area contributed by atoms with E-state index in [0.29, 0.717) is 5.57 Å². The molecule has 2 aliphatic carbocycles. The van der Waals surface area contributed by atoms with Crippen LogP contribution in [0.4, 0.5) is 0 Å². The van der Waals surface area contributed by atoms with E-state index in [2.05, 4.69) is 0 Å². The molecule has 120 valence electrons. The largest absolute Gasteiger partial charge is 0.462 e. The van der Waals surface area contributed by atoms with Crippen molar-refractivity contribution in [3.8, 4) is 0 Å². The number of Topliss-reactive ketones (excluding diaryl/α,β-unsaturated/α-hetero) is 3. The standard InChI is InChI=1S/C15H8Cl2O4.C2H6/c16-10-11(17)15-9(13(19)14(10)20)8(6-21-15)12(18)7-4-2-1-3-5-7;1-2/h2,4-6H,1,3H2;1-2H3. The minimum absolute atomic E-state index is 0.0310. The maximum Gasteiger partial charge on any atom is 0.246 e. The van der Waals surface area contributed by atoms with Gasteiger partial charge in [-0.2, -0.15) is 0 Å². The summed E-state index contributed by atoms with van der Waals surface area (Å²) in [5, 5.41) is -0.539. The molecule has 1 aromatic heterocycles. The van der Waals surface area contributed by atoms with E-state index in [1.807, 2.05) is 19.9 Å². The van der Waals surface area contributed by atoms with Crippen LogP contribution in [0.2, 0.25) is 0 Å². The molecule has 0 aromatic carbocycles. The predicted octanol–water partition coefficient (Wildman–Crippen LogP) is 4.68. The van der Waals surface area contributed by atoms with E-state index in [4.69, 9.17) is 27.6 Å². The lowest BCUT2D eigenvalue weighted by Crippen LogP contribution is -2.22. The first-order valence-electron chi connectivity index (χ1n) is 7.20. The van der Waals surface area contributed by atoms with Crippen molar-refractivity contribution in [2.24, 2.45) is 0 Å². The third-order valence-electron chi connectivity index (χ3n) is 3.32. The fourth-order valence-corrected chi connectivity index (χ4v) is 2.66. The Hall–Kier alpha value is -1.91. The third-order valence-corrected chi connectivity index (χ3v) is 4.14. The van der Waals surface area contributed by atoms with Crippen molar-refractivity contribution in [1.82, 2.24) is 0 Å². The average Bonchev–Trinajstić information content (AvgIpc) is 3.05. The fraction of sp³-hybridized carbons (Fsp3) is 0.235. The molecule has 0 atom stereocenters. The first-order chi connectivity index (χ1) is 11.0. The number of allylic oxidation sites excluding steroid dienone is 5. The molecule has 0 N–H and O–H groups in total. The molecule has 4 nitrogen and oxygen atoms in total. The Balaban J connectivity index is 0.000000924. The summed E-state index contributed by atoms with van der Waals surface area (Å²) in [7, 11) is 0. The monoisotopic (exact) mass is 352 g/mol. The van der Waals surface area contributed by atoms with Crippen LogP contribution in [0, 0.1) is 0 Å². The number of ketones is 3. The van der Waals surface area contributed by atoms with E-state index in [-0.39, 0.29) is 32.7 Å². The van der Waals surface area contributed by atoms with E-state index in [1.54, 1.807) is 12.2 Å². The topological polar surface area (TPSA) is 64.3 Å². The molecule has 2 aliphatic rings. The highest BCUT2D eigenvalue weighted by molar-refractivity contribution is 6.71. The van der Waals surface area contributed by atoms with Gasteiger partial charge in [-0.3, -0.25) is 14.4 Å². The fourth-order valence-electron chi connectivity index (χ4n) is 2.26. The van der Waals surface area contributed by atoms with Gasteiger partial charge in [-0.1, -0.05) is 55.3 Å². The first kappa shape index (κ1) is 17.4. The molecule has 3 rings (SSSR count). The predicted molar refractivity (Wildman–Crippen MR) is 88.8 cm³/mol. The highest BCUT2D eigenvalue weighted by Crippen LogP contribution is 2.37. The molecule has 6 heteroatoms. The molecule has 1 heterocycles. The maximum atomic E-state index is 12.4. The van der Waals surface area contributed by atoms with Crippen molar-refractivity contribution in [1.29, 1.82) is 0 Å². The Morgan fingerprint density at radius 2 is 1.78 bits per heavy atom. The summed E-state index contributed by atoms with van der Waals surface area (Å²) < 4.78 is 5.18. The van der Waals surface area contributed by atoms with Gasteiger partial charge in [0, 0.05) is 5.57 Å². The van der Waals surface area contributed by atoms with Crippen molar-refractivity contribution < 1.29 is 18.8 Å². The molecule has 0 spiro atoms. The van der Waals surface area contributed by atoms with E-state index >= 15 is 0 Å². The van der Waals surface area contributed by atoms with Crippen molar-refractivity contribution in [2.45, 2.75) is 26.7 Å². The van der Waals surface area contributed by atoms with Gasteiger partial charge in [0.25, 0.3) is 0 Å². The number of hydrogen-bond donors (Lipinski definition) is 0. The second-order valence-electron chi connectivity index (χ2n) is 4.61. The van der Waals surface area contributed by atoms with Crippen LogP contribution in [0.1, 0.15) is 53.2 Å². The molecular formula is C17H14Cl2O4. The Morgan fingerprint density at radius 1 is 1.09 bits per heavy atom. The summed E-state index contributed by atoms with van der Waals surface area (Å²) in [6, 6.07) is 0. The third kappa shape index (κ3) is 2.96. The quantitative estimate of drug-likeness (QED) is 0.572. The molecule has 23 heavy (non-hydrogen) atoms. The summed E-state index contributed by atoms with van der Waals surface area (Å²) in [5.74, 6) is -2.22. The number of carbonyl (C=O) groups excluding carboxylic acids is 3. The van der Waals surface area contributed by atoms with Gasteiger partial charge in [0.15, 0.2) is 11.5 Å². The molecule has 0 unspecified atom stereocenters. The number of carbonyl (C=O) groups is 3. The highest BCUT2D eigenvalue weighted by Gasteiger charge is 2.38. The zero-order valence-electron chi connectivity index (χ0n) is 12.6. The van der Waals surface area contributed by atoms with E-state index in [9.17, 15) is 14.4 Å². The summed E-state index contributed by atoms with van der Waals surface area (Å²) in [6.45, 7) is 4.00. The SMILES string of the molecule is CC.O=C1C(=O)c2c(C(=O)C3=CCCC=C3)coc2C(Cl)=C1Cl. The van der Waals surface area contributed by atoms with Gasteiger partial charge >= 0.3 is 0 Å². The average molecular weight is 353 g/mol. The Kier molecular flexibility index (Phi) is 5.39. The smallest absolute Gasteiger partial charge is 0.246 e. The number of hydrogen-bond acceptors (Lipinski definition) is 4. The van der Waals surface area contributed by atoms with Crippen LogP contribution in [0.3, 0.4) is 0 Å². The van der Waals surface area contributed by atoms with Crippen molar-refractivity contribution in [2.75, 3.05) is 0 Å². The normalized spacial score (nSPS) is 16.6. The molecule has 1 aromatic rings. The van der Waals surface area contributed by atoms with E-state index in [0.717, 1.165) is 19.1 Å². The molecule has 0 fully saturated rings. The van der Waals surface area contributed by atoms with Crippen molar-refractivity contribution >= 4 is 45.6 Å². The summed E-state index contributed by atoms with van der Waals surface area (Å²) in [6.07, 6.45) is 8.08. The van der Waals surface area contributed by atoms with Gasteiger partial charge in [-0.25, -0.2) is 0 Å². The van der Waals surface area contributed by atoms with Crippen LogP contribution in [0.25, 0.3) is 5.03 Å². The van der Waals surface area contributed by atoms with Crippen LogP contribution in [0.15, 0.2) is 39.5 Å². The van der Waals surface area contributed by atoms with Gasteiger partial charge in [0.2, 0.25) is 11.6 Å². The zero-order valence-corrected chi connectivity index (χ0v) is 14.1. The molecular weight excluding hydrogens is 339 g/mol. The first-order valence-corrected chi connectivity index (χ1v) is 7.95. The lowest BCUT2D eigenvalue weighted by molar-refractivity contribution is -0.111. The molecule has 0 aliphatic heterocycles. The summed E-state index contributed by atoms with van der Waals surface area (Å²) >= 11 is 11.6. The Labute approximate surface area is 143 Å². The van der Waals surface area contributed by atoms with Crippen molar-refractivity contribution in [3.63, 3.8) is 0 Å². The Morgan fingerprint density at radius 3 is 2.39 bits per heavy atom. The number of halogens is 2. The number of fused-ring (bicyclic) bond motifs is 1. The van der Waals surface area contributed by atoms with Crippen LogP contribution in [0.5, 0.6) is 0 Å².